The van der Waals surface area contributed by atoms with Gasteiger partial charge in [-0.25, -0.2) is 0 Å². The Morgan fingerprint density at radius 3 is 2.25 bits per heavy atom. The predicted octanol–water partition coefficient (Wildman–Crippen LogP) is 2.12. The third-order valence-electron chi connectivity index (χ3n) is 6.47. The van der Waals surface area contributed by atoms with Gasteiger partial charge in [0.2, 0.25) is 11.8 Å². The topological polar surface area (TPSA) is 67.9 Å². The summed E-state index contributed by atoms with van der Waals surface area (Å²) in [5, 5.41) is 6.88. The van der Waals surface area contributed by atoms with E-state index < -0.39 is 0 Å². The van der Waals surface area contributed by atoms with Gasteiger partial charge < -0.3 is 10.6 Å². The van der Waals surface area contributed by atoms with Crippen LogP contribution >= 0.6 is 11.6 Å². The summed E-state index contributed by atoms with van der Waals surface area (Å²) in [6.07, 6.45) is 2.37. The van der Waals surface area contributed by atoms with E-state index in [0.29, 0.717) is 13.1 Å². The summed E-state index contributed by atoms with van der Waals surface area (Å²) in [6, 6.07) is 8.03. The fraction of sp³-hybridized carbons (Fsp3) is 0.667. The molecule has 0 saturated carbocycles. The number of nitrogens with one attached hydrogen (secondary N) is 2. The molecule has 0 radical (unpaired) electrons. The third kappa shape index (κ3) is 6.91. The molecule has 178 valence electrons. The van der Waals surface area contributed by atoms with Crippen molar-refractivity contribution in [1.82, 2.24) is 25.3 Å². The number of carbonyl (C=O) groups is 2. The molecule has 0 aliphatic carbocycles. The summed E-state index contributed by atoms with van der Waals surface area (Å²) in [5.74, 6) is 0.110. The van der Waals surface area contributed by atoms with Crippen LogP contribution in [0.1, 0.15) is 45.2 Å². The lowest BCUT2D eigenvalue weighted by Gasteiger charge is -2.37. The van der Waals surface area contributed by atoms with E-state index in [1.54, 1.807) is 0 Å². The molecule has 2 amide bonds. The van der Waals surface area contributed by atoms with Crippen LogP contribution in [0, 0.1) is 0 Å². The molecule has 1 aromatic carbocycles. The van der Waals surface area contributed by atoms with E-state index >= 15 is 0 Å². The van der Waals surface area contributed by atoms with Crippen LogP contribution in [0.25, 0.3) is 0 Å². The molecule has 2 fully saturated rings. The number of carbonyl (C=O) groups excluding carboxylic acids is 2. The Morgan fingerprint density at radius 1 is 0.969 bits per heavy atom. The van der Waals surface area contributed by atoms with Gasteiger partial charge in [0.1, 0.15) is 0 Å². The van der Waals surface area contributed by atoms with Gasteiger partial charge in [0.05, 0.1) is 18.6 Å². The summed E-state index contributed by atoms with van der Waals surface area (Å²) in [6.45, 7) is 12.1. The van der Waals surface area contributed by atoms with Crippen LogP contribution in [-0.2, 0) is 9.59 Å². The lowest BCUT2D eigenvalue weighted by molar-refractivity contribution is -0.128. The first-order valence-electron chi connectivity index (χ1n) is 11.9. The average molecular weight is 464 g/mol. The van der Waals surface area contributed by atoms with Gasteiger partial charge in [-0.15, -0.1) is 0 Å². The second-order valence-electron chi connectivity index (χ2n) is 9.24. The Morgan fingerprint density at radius 2 is 1.62 bits per heavy atom. The Kier molecular flexibility index (Phi) is 9.34. The molecule has 1 aromatic rings. The van der Waals surface area contributed by atoms with E-state index in [4.69, 9.17) is 11.6 Å². The number of piperazine rings is 1. The Hall–Kier alpha value is -1.67. The van der Waals surface area contributed by atoms with E-state index in [0.717, 1.165) is 49.9 Å². The number of nitrogens with zero attached hydrogens (tertiary/aromatic N) is 3. The molecular weight excluding hydrogens is 426 g/mol. The fourth-order valence-corrected chi connectivity index (χ4v) is 4.85. The smallest absolute Gasteiger partial charge is 0.237 e. The normalized spacial score (nSPS) is 20.3. The molecular formula is C24H38ClN5O2. The number of hydrogen-bond acceptors (Lipinski definition) is 5. The maximum Gasteiger partial charge on any atom is 0.237 e. The molecule has 2 saturated heterocycles. The zero-order valence-corrected chi connectivity index (χ0v) is 20.4. The molecule has 7 nitrogen and oxygen atoms in total. The highest BCUT2D eigenvalue weighted by molar-refractivity contribution is 6.31. The van der Waals surface area contributed by atoms with Crippen LogP contribution in [0.2, 0.25) is 5.02 Å². The van der Waals surface area contributed by atoms with E-state index in [1.165, 1.54) is 12.8 Å². The van der Waals surface area contributed by atoms with Crippen molar-refractivity contribution in [3.8, 4) is 0 Å². The Bertz CT molecular complexity index is 761. The van der Waals surface area contributed by atoms with Gasteiger partial charge in [-0.05, 0) is 58.3 Å². The van der Waals surface area contributed by atoms with E-state index in [1.807, 2.05) is 39.0 Å². The van der Waals surface area contributed by atoms with Gasteiger partial charge in [-0.2, -0.15) is 0 Å². The van der Waals surface area contributed by atoms with Crippen molar-refractivity contribution in [3.63, 3.8) is 0 Å². The molecule has 0 aromatic heterocycles. The summed E-state index contributed by atoms with van der Waals surface area (Å²) >= 11 is 6.48. The van der Waals surface area contributed by atoms with Gasteiger partial charge in [0.15, 0.2) is 0 Å². The van der Waals surface area contributed by atoms with Crippen molar-refractivity contribution in [2.45, 2.75) is 51.7 Å². The lowest BCUT2D eigenvalue weighted by atomic mass is 10.1. The molecule has 2 N–H and O–H groups in total. The summed E-state index contributed by atoms with van der Waals surface area (Å²) in [5.41, 5.74) is 1.08. The Labute approximate surface area is 197 Å². The number of amides is 2. The summed E-state index contributed by atoms with van der Waals surface area (Å²) < 4.78 is 0. The summed E-state index contributed by atoms with van der Waals surface area (Å²) in [4.78, 5) is 31.8. The van der Waals surface area contributed by atoms with Crippen LogP contribution < -0.4 is 10.6 Å². The van der Waals surface area contributed by atoms with Gasteiger partial charge in [-0.3, -0.25) is 24.3 Å². The van der Waals surface area contributed by atoms with Crippen molar-refractivity contribution in [2.24, 2.45) is 0 Å². The highest BCUT2D eigenvalue weighted by Crippen LogP contribution is 2.29. The van der Waals surface area contributed by atoms with Gasteiger partial charge in [-0.1, -0.05) is 29.8 Å². The largest absolute Gasteiger partial charge is 0.353 e. The minimum absolute atomic E-state index is 0.0419. The average Bonchev–Trinajstić information content (AvgIpc) is 3.29. The molecule has 2 aliphatic rings. The number of likely N-dealkylation sites (tertiary alicyclic amines) is 1. The van der Waals surface area contributed by atoms with Crippen LogP contribution in [0.4, 0.5) is 0 Å². The molecule has 3 rings (SSSR count). The number of hydrogen-bond donors (Lipinski definition) is 2. The van der Waals surface area contributed by atoms with Gasteiger partial charge in [0.25, 0.3) is 0 Å². The van der Waals surface area contributed by atoms with Crippen LogP contribution in [0.5, 0.6) is 0 Å². The van der Waals surface area contributed by atoms with E-state index in [2.05, 4.69) is 31.4 Å². The Balaban J connectivity index is 1.47. The molecule has 8 heteroatoms. The van der Waals surface area contributed by atoms with Crippen molar-refractivity contribution >= 4 is 23.4 Å². The number of benzene rings is 1. The van der Waals surface area contributed by atoms with Crippen LogP contribution in [0.3, 0.4) is 0 Å². The van der Waals surface area contributed by atoms with Crippen LogP contribution in [-0.4, -0.2) is 91.0 Å². The quantitative estimate of drug-likeness (QED) is 0.587. The molecule has 2 aliphatic heterocycles. The van der Waals surface area contributed by atoms with Crippen molar-refractivity contribution < 1.29 is 9.59 Å². The minimum atomic E-state index is -0.148. The monoisotopic (exact) mass is 463 g/mol. The predicted molar refractivity (Wildman–Crippen MR) is 129 cm³/mol. The maximum absolute atomic E-state index is 12.7. The summed E-state index contributed by atoms with van der Waals surface area (Å²) in [7, 11) is 0. The minimum Gasteiger partial charge on any atom is -0.353 e. The van der Waals surface area contributed by atoms with Crippen molar-refractivity contribution in [1.29, 1.82) is 0 Å². The number of halogens is 1. The lowest BCUT2D eigenvalue weighted by Crippen LogP contribution is -2.55. The molecule has 2 atom stereocenters. The fourth-order valence-electron chi connectivity index (χ4n) is 4.58. The second-order valence-corrected chi connectivity index (χ2v) is 9.64. The van der Waals surface area contributed by atoms with Gasteiger partial charge in [0, 0.05) is 43.8 Å². The first-order valence-corrected chi connectivity index (χ1v) is 12.2. The number of rotatable bonds is 9. The highest BCUT2D eigenvalue weighted by Gasteiger charge is 2.28. The zero-order valence-electron chi connectivity index (χ0n) is 19.6. The highest BCUT2D eigenvalue weighted by atomic mass is 35.5. The van der Waals surface area contributed by atoms with Crippen LogP contribution in [0.15, 0.2) is 24.3 Å². The molecule has 32 heavy (non-hydrogen) atoms. The third-order valence-corrected chi connectivity index (χ3v) is 6.81. The molecule has 2 heterocycles. The van der Waals surface area contributed by atoms with Crippen molar-refractivity contribution in [2.75, 3.05) is 52.4 Å². The molecule has 2 unspecified atom stereocenters. The molecule has 0 spiro atoms. The standard InChI is InChI=1S/C24H38ClN5O2/c1-18(2)27-24(32)19(3)29-14-12-28(13-15-29)17-23(31)26-16-22(30-10-6-7-11-30)20-8-4-5-9-21(20)25/h4-5,8-9,18-19,22H,6-7,10-17H2,1-3H3,(H,26,31)(H,27,32). The second kappa shape index (κ2) is 12.0. The van der Waals surface area contributed by atoms with E-state index in [9.17, 15) is 9.59 Å². The van der Waals surface area contributed by atoms with Crippen molar-refractivity contribution in [3.05, 3.63) is 34.9 Å². The van der Waals surface area contributed by atoms with E-state index in [-0.39, 0.29) is 29.9 Å². The first kappa shape index (κ1) is 25.0. The maximum atomic E-state index is 12.7. The van der Waals surface area contributed by atoms with Gasteiger partial charge >= 0.3 is 0 Å². The molecule has 0 bridgehead atoms. The SMILES string of the molecule is CC(C)NC(=O)C(C)N1CCN(CC(=O)NCC(c2ccccc2Cl)N2CCCC2)CC1. The first-order chi connectivity index (χ1) is 15.3. The zero-order chi connectivity index (χ0) is 23.1.